The average Bonchev–Trinajstić information content (AvgIpc) is 2.37. The summed E-state index contributed by atoms with van der Waals surface area (Å²) in [6.07, 6.45) is 4.30. The fraction of sp³-hybridized carbons (Fsp3) is 0.250. The van der Waals surface area contributed by atoms with Crippen molar-refractivity contribution >= 4 is 17.4 Å². The van der Waals surface area contributed by atoms with E-state index in [-0.39, 0.29) is 0 Å². The summed E-state index contributed by atoms with van der Waals surface area (Å²) in [6, 6.07) is 5.63. The maximum Gasteiger partial charge on any atom is 0.134 e. The monoisotopic (exact) mass is 248 g/mol. The molecule has 17 heavy (non-hydrogen) atoms. The first-order valence-electron chi connectivity index (χ1n) is 5.44. The smallest absolute Gasteiger partial charge is 0.134 e. The van der Waals surface area contributed by atoms with Gasteiger partial charge in [0, 0.05) is 31.4 Å². The second kappa shape index (κ2) is 5.59. The minimum atomic E-state index is 0.467. The first-order valence-corrected chi connectivity index (χ1v) is 5.82. The van der Waals surface area contributed by atoms with E-state index in [1.807, 2.05) is 19.1 Å². The fourth-order valence-electron chi connectivity index (χ4n) is 1.41. The van der Waals surface area contributed by atoms with E-state index in [1.165, 1.54) is 0 Å². The van der Waals surface area contributed by atoms with Crippen LogP contribution in [-0.4, -0.2) is 15.0 Å². The molecule has 0 radical (unpaired) electrons. The molecule has 88 valence electrons. The number of aromatic nitrogens is 3. The van der Waals surface area contributed by atoms with Crippen molar-refractivity contribution < 1.29 is 0 Å². The zero-order valence-corrected chi connectivity index (χ0v) is 10.3. The molecule has 2 rings (SSSR count). The van der Waals surface area contributed by atoms with Crippen LogP contribution < -0.4 is 5.32 Å². The highest BCUT2D eigenvalue weighted by atomic mass is 35.5. The van der Waals surface area contributed by atoms with Gasteiger partial charge in [-0.15, -0.1) is 0 Å². The van der Waals surface area contributed by atoms with E-state index in [0.29, 0.717) is 11.7 Å². The number of anilines is 1. The number of nitrogens with zero attached hydrogens (tertiary/aromatic N) is 3. The molecule has 1 N–H and O–H groups in total. The molecule has 0 atom stereocenters. The van der Waals surface area contributed by atoms with Crippen LogP contribution in [0.5, 0.6) is 0 Å². The molecule has 0 saturated heterocycles. The van der Waals surface area contributed by atoms with Crippen molar-refractivity contribution in [2.45, 2.75) is 19.9 Å². The first-order chi connectivity index (χ1) is 8.28. The van der Waals surface area contributed by atoms with Gasteiger partial charge in [-0.05, 0) is 17.7 Å². The van der Waals surface area contributed by atoms with Crippen molar-refractivity contribution in [1.82, 2.24) is 15.0 Å². The molecule has 0 aliphatic rings. The lowest BCUT2D eigenvalue weighted by molar-refractivity contribution is 0.932. The normalized spacial score (nSPS) is 10.2. The third kappa shape index (κ3) is 3.39. The lowest BCUT2D eigenvalue weighted by Crippen LogP contribution is -2.04. The van der Waals surface area contributed by atoms with E-state index in [0.717, 1.165) is 23.6 Å². The van der Waals surface area contributed by atoms with Crippen LogP contribution in [-0.2, 0) is 13.0 Å². The van der Waals surface area contributed by atoms with E-state index in [9.17, 15) is 0 Å². The van der Waals surface area contributed by atoms with Gasteiger partial charge in [0.1, 0.15) is 16.8 Å². The van der Waals surface area contributed by atoms with Gasteiger partial charge in [-0.3, -0.25) is 4.98 Å². The van der Waals surface area contributed by atoms with Gasteiger partial charge in [0.15, 0.2) is 0 Å². The summed E-state index contributed by atoms with van der Waals surface area (Å²) < 4.78 is 0. The Morgan fingerprint density at radius 3 is 2.71 bits per heavy atom. The quantitative estimate of drug-likeness (QED) is 0.846. The van der Waals surface area contributed by atoms with Gasteiger partial charge in [-0.25, -0.2) is 9.97 Å². The largest absolute Gasteiger partial charge is 0.366 e. The Morgan fingerprint density at radius 1 is 1.24 bits per heavy atom. The van der Waals surface area contributed by atoms with Gasteiger partial charge >= 0.3 is 0 Å². The molecular formula is C12H13ClN4. The maximum atomic E-state index is 5.91. The fourth-order valence-corrected chi connectivity index (χ4v) is 1.61. The molecule has 4 nitrogen and oxygen atoms in total. The molecule has 2 aromatic heterocycles. The predicted molar refractivity (Wildman–Crippen MR) is 68.0 cm³/mol. The minimum absolute atomic E-state index is 0.467. The molecule has 0 aromatic carbocycles. The van der Waals surface area contributed by atoms with Crippen LogP contribution in [0.15, 0.2) is 30.6 Å². The van der Waals surface area contributed by atoms with E-state index in [1.54, 1.807) is 18.5 Å². The molecule has 0 aliphatic carbocycles. The summed E-state index contributed by atoms with van der Waals surface area (Å²) in [5, 5.41) is 3.68. The van der Waals surface area contributed by atoms with Crippen molar-refractivity contribution in [3.63, 3.8) is 0 Å². The third-order valence-corrected chi connectivity index (χ3v) is 2.47. The molecule has 5 heteroatoms. The molecule has 0 unspecified atom stereocenters. The number of rotatable bonds is 4. The number of pyridine rings is 1. The Labute approximate surface area is 105 Å². The van der Waals surface area contributed by atoms with Crippen molar-refractivity contribution in [2.75, 3.05) is 5.32 Å². The lowest BCUT2D eigenvalue weighted by atomic mass is 10.3. The Bertz CT molecular complexity index is 487. The summed E-state index contributed by atoms with van der Waals surface area (Å²) in [4.78, 5) is 12.4. The van der Waals surface area contributed by atoms with E-state index in [4.69, 9.17) is 11.6 Å². The number of halogens is 1. The molecule has 2 aromatic rings. The van der Waals surface area contributed by atoms with Crippen LogP contribution in [0.25, 0.3) is 0 Å². The highest BCUT2D eigenvalue weighted by Gasteiger charge is 2.01. The lowest BCUT2D eigenvalue weighted by Gasteiger charge is -2.07. The van der Waals surface area contributed by atoms with Crippen LogP contribution in [0.2, 0.25) is 5.15 Å². The average molecular weight is 249 g/mol. The number of aryl methyl sites for hydroxylation is 1. The summed E-state index contributed by atoms with van der Waals surface area (Å²) in [5.41, 5.74) is 1.15. The Morgan fingerprint density at radius 2 is 2.00 bits per heavy atom. The topological polar surface area (TPSA) is 50.7 Å². The van der Waals surface area contributed by atoms with Gasteiger partial charge < -0.3 is 5.32 Å². The van der Waals surface area contributed by atoms with Crippen molar-refractivity contribution in [3.8, 4) is 0 Å². The van der Waals surface area contributed by atoms with Crippen LogP contribution in [0, 0.1) is 0 Å². The maximum absolute atomic E-state index is 5.91. The zero-order chi connectivity index (χ0) is 12.1. The molecule has 2 heterocycles. The second-order valence-corrected chi connectivity index (χ2v) is 3.94. The number of hydrogen-bond donors (Lipinski definition) is 1. The van der Waals surface area contributed by atoms with Gasteiger partial charge in [0.05, 0.1) is 0 Å². The number of hydrogen-bond acceptors (Lipinski definition) is 4. The van der Waals surface area contributed by atoms with Crippen molar-refractivity contribution in [1.29, 1.82) is 0 Å². The summed E-state index contributed by atoms with van der Waals surface area (Å²) >= 11 is 5.91. The summed E-state index contributed by atoms with van der Waals surface area (Å²) in [7, 11) is 0. The highest BCUT2D eigenvalue weighted by Crippen LogP contribution is 2.12. The van der Waals surface area contributed by atoms with E-state index < -0.39 is 0 Å². The molecule has 0 amide bonds. The number of nitrogens with one attached hydrogen (secondary N) is 1. The second-order valence-electron chi connectivity index (χ2n) is 3.55. The Hall–Kier alpha value is -1.68. The first kappa shape index (κ1) is 11.8. The highest BCUT2D eigenvalue weighted by molar-refractivity contribution is 6.29. The zero-order valence-electron chi connectivity index (χ0n) is 9.52. The van der Waals surface area contributed by atoms with Gasteiger partial charge in [-0.1, -0.05) is 18.5 Å². The van der Waals surface area contributed by atoms with E-state index >= 15 is 0 Å². The standard InChI is InChI=1S/C12H13ClN4/c1-2-11-16-10(13)7-12(17-11)15-8-9-3-5-14-6-4-9/h3-7H,2,8H2,1H3,(H,15,16,17). The van der Waals surface area contributed by atoms with Gasteiger partial charge in [0.25, 0.3) is 0 Å². The molecule has 0 aliphatic heterocycles. The van der Waals surface area contributed by atoms with Crippen molar-refractivity contribution in [3.05, 3.63) is 47.1 Å². The Balaban J connectivity index is 2.06. The van der Waals surface area contributed by atoms with E-state index in [2.05, 4.69) is 20.3 Å². The SMILES string of the molecule is CCc1nc(Cl)cc(NCc2ccncc2)n1. The van der Waals surface area contributed by atoms with Gasteiger partial charge in [-0.2, -0.15) is 0 Å². The minimum Gasteiger partial charge on any atom is -0.366 e. The van der Waals surface area contributed by atoms with Crippen LogP contribution in [0.3, 0.4) is 0 Å². The predicted octanol–water partition coefficient (Wildman–Crippen LogP) is 2.70. The summed E-state index contributed by atoms with van der Waals surface area (Å²) in [6.45, 7) is 2.69. The molecule has 0 spiro atoms. The molecule has 0 bridgehead atoms. The van der Waals surface area contributed by atoms with Gasteiger partial charge in [0.2, 0.25) is 0 Å². The van der Waals surface area contributed by atoms with Crippen LogP contribution >= 0.6 is 11.6 Å². The Kier molecular flexibility index (Phi) is 3.88. The van der Waals surface area contributed by atoms with Crippen LogP contribution in [0.1, 0.15) is 18.3 Å². The molecule has 0 saturated carbocycles. The van der Waals surface area contributed by atoms with Crippen LogP contribution in [0.4, 0.5) is 5.82 Å². The molecular weight excluding hydrogens is 236 g/mol. The summed E-state index contributed by atoms with van der Waals surface area (Å²) in [5.74, 6) is 1.49. The third-order valence-electron chi connectivity index (χ3n) is 2.28. The molecule has 0 fully saturated rings. The van der Waals surface area contributed by atoms with Crippen molar-refractivity contribution in [2.24, 2.45) is 0 Å².